The van der Waals surface area contributed by atoms with E-state index in [2.05, 4.69) is 43.6 Å². The van der Waals surface area contributed by atoms with E-state index >= 15 is 0 Å². The van der Waals surface area contributed by atoms with E-state index in [4.69, 9.17) is 15.2 Å². The molecular weight excluding hydrogens is 458 g/mol. The number of anilines is 1. The van der Waals surface area contributed by atoms with E-state index in [1.165, 1.54) is 25.7 Å². The van der Waals surface area contributed by atoms with Crippen LogP contribution in [-0.4, -0.2) is 67.1 Å². The number of aryl methyl sites for hydroxylation is 1. The number of nitrogens with one attached hydrogen (secondary N) is 2. The predicted octanol–water partition coefficient (Wildman–Crippen LogP) is 3.08. The molecule has 1 amide bonds. The Morgan fingerprint density at radius 1 is 1.14 bits per heavy atom. The number of pyridine rings is 1. The molecule has 0 spiro atoms. The van der Waals surface area contributed by atoms with Crippen LogP contribution in [0, 0.1) is 6.92 Å². The first-order valence-electron chi connectivity index (χ1n) is 12.4. The predicted molar refractivity (Wildman–Crippen MR) is 140 cm³/mol. The van der Waals surface area contributed by atoms with Crippen LogP contribution in [0.25, 0.3) is 27.9 Å². The zero-order valence-corrected chi connectivity index (χ0v) is 21.1. The van der Waals surface area contributed by atoms with Crippen LogP contribution in [-0.2, 0) is 4.79 Å². The zero-order chi connectivity index (χ0) is 25.7. The van der Waals surface area contributed by atoms with Gasteiger partial charge in [0.1, 0.15) is 11.5 Å². The average Bonchev–Trinajstić information content (AvgIpc) is 3.66. The third-order valence-electron chi connectivity index (χ3n) is 7.01. The zero-order valence-electron chi connectivity index (χ0n) is 21.1. The first kappa shape index (κ1) is 25.6. The molecule has 0 bridgehead atoms. The Morgan fingerprint density at radius 2 is 1.92 bits per heavy atom. The van der Waals surface area contributed by atoms with Crippen LogP contribution in [0.5, 0.6) is 0 Å². The van der Waals surface area contributed by atoms with Crippen LogP contribution in [0.4, 0.5) is 5.82 Å². The molecule has 4 N–H and O–H groups in total. The number of aliphatic hydroxyl groups excluding tert-OH is 2. The van der Waals surface area contributed by atoms with Gasteiger partial charge in [0.2, 0.25) is 6.41 Å². The fraction of sp³-hybridized carbons (Fsp3) is 0.462. The molecule has 2 fully saturated rings. The number of carbonyl (C=O) groups is 1. The van der Waals surface area contributed by atoms with E-state index in [0.29, 0.717) is 12.5 Å². The number of carbonyl (C=O) groups excluding carboxylic acids is 1. The van der Waals surface area contributed by atoms with E-state index in [9.17, 15) is 4.79 Å². The number of rotatable bonds is 5. The summed E-state index contributed by atoms with van der Waals surface area (Å²) in [4.78, 5) is 19.3. The Balaban J connectivity index is 0.000000259. The molecule has 6 rings (SSSR count). The minimum absolute atomic E-state index is 0.0347. The number of hydrogen-bond acceptors (Lipinski definition) is 7. The van der Waals surface area contributed by atoms with Crippen molar-refractivity contribution in [3.8, 4) is 11.3 Å². The van der Waals surface area contributed by atoms with Crippen LogP contribution in [0.15, 0.2) is 36.8 Å². The summed E-state index contributed by atoms with van der Waals surface area (Å²) in [7, 11) is 2.92. The lowest BCUT2D eigenvalue weighted by Gasteiger charge is -2.31. The third kappa shape index (κ3) is 4.91. The highest BCUT2D eigenvalue weighted by atomic mass is 16.3. The van der Waals surface area contributed by atoms with Gasteiger partial charge < -0.3 is 25.4 Å². The Kier molecular flexibility index (Phi) is 8.17. The van der Waals surface area contributed by atoms with Gasteiger partial charge in [0.05, 0.1) is 24.0 Å². The molecule has 2 unspecified atom stereocenters. The normalized spacial score (nSPS) is 19.1. The maximum absolute atomic E-state index is 9.73. The van der Waals surface area contributed by atoms with Crippen molar-refractivity contribution < 1.29 is 15.0 Å². The second kappa shape index (κ2) is 11.5. The molecule has 2 atom stereocenters. The van der Waals surface area contributed by atoms with Gasteiger partial charge in [-0.05, 0) is 44.7 Å². The second-order valence-corrected chi connectivity index (χ2v) is 9.14. The first-order chi connectivity index (χ1) is 17.6. The smallest absolute Gasteiger partial charge is 0.207 e. The number of nitrogens with zero attached hydrogens (tertiary/aromatic N) is 5. The highest BCUT2D eigenvalue weighted by Crippen LogP contribution is 2.37. The minimum atomic E-state index is -0.291. The molecule has 10 nitrogen and oxygen atoms in total. The second-order valence-electron chi connectivity index (χ2n) is 9.14. The SMILES string of the molecule is CNc1cc(-c2cn(C3CCCC3)c3ncccc23)nc2c(C)cnn12.CO.O=CNC1CCC1O. The molecule has 0 aliphatic heterocycles. The lowest BCUT2D eigenvalue weighted by molar-refractivity contribution is -0.112. The van der Waals surface area contributed by atoms with Crippen molar-refractivity contribution in [2.75, 3.05) is 19.5 Å². The molecule has 4 aromatic rings. The first-order valence-corrected chi connectivity index (χ1v) is 12.4. The van der Waals surface area contributed by atoms with Gasteiger partial charge in [0, 0.05) is 55.2 Å². The standard InChI is InChI=1S/C20H22N6.C5H9NO2.CH4O/c1-13-11-23-26-18(21-2)10-17(24-19(13)26)16-12-25(14-6-3-4-7-14)20-15(16)8-5-9-22-20;7-3-6-4-1-2-5(4)8;1-2/h5,8-12,14,21H,3-4,6-7H2,1-2H3;3-5,8H,1-2H2,(H,6,7);2H,1H3. The molecule has 10 heteroatoms. The van der Waals surface area contributed by atoms with Gasteiger partial charge in [0.15, 0.2) is 5.65 Å². The molecular formula is C26H35N7O3. The summed E-state index contributed by atoms with van der Waals surface area (Å²) in [5.74, 6) is 0.934. The van der Waals surface area contributed by atoms with Gasteiger partial charge in [-0.15, -0.1) is 0 Å². The molecule has 0 aromatic carbocycles. The van der Waals surface area contributed by atoms with Gasteiger partial charge >= 0.3 is 0 Å². The number of hydrogen-bond donors (Lipinski definition) is 4. The number of fused-ring (bicyclic) bond motifs is 2. The number of amides is 1. The fourth-order valence-corrected chi connectivity index (χ4v) is 4.90. The summed E-state index contributed by atoms with van der Waals surface area (Å²) in [6, 6.07) is 6.81. The Morgan fingerprint density at radius 3 is 2.53 bits per heavy atom. The maximum Gasteiger partial charge on any atom is 0.207 e. The molecule has 4 aromatic heterocycles. The molecule has 2 aliphatic rings. The summed E-state index contributed by atoms with van der Waals surface area (Å²) in [6.07, 6.45) is 13.1. The number of aromatic nitrogens is 5. The lowest BCUT2D eigenvalue weighted by atomic mass is 9.90. The number of aliphatic hydroxyl groups is 2. The van der Waals surface area contributed by atoms with Crippen LogP contribution >= 0.6 is 0 Å². The largest absolute Gasteiger partial charge is 0.400 e. The monoisotopic (exact) mass is 493 g/mol. The van der Waals surface area contributed by atoms with E-state index < -0.39 is 0 Å². The fourth-order valence-electron chi connectivity index (χ4n) is 4.90. The average molecular weight is 494 g/mol. The highest BCUT2D eigenvalue weighted by Gasteiger charge is 2.27. The van der Waals surface area contributed by atoms with Crippen LogP contribution < -0.4 is 10.6 Å². The van der Waals surface area contributed by atoms with Crippen LogP contribution in [0.2, 0.25) is 0 Å². The van der Waals surface area contributed by atoms with Gasteiger partial charge in [-0.3, -0.25) is 4.79 Å². The third-order valence-corrected chi connectivity index (χ3v) is 7.01. The minimum Gasteiger partial charge on any atom is -0.400 e. The van der Waals surface area contributed by atoms with Gasteiger partial charge in [0.25, 0.3) is 0 Å². The van der Waals surface area contributed by atoms with Crippen molar-refractivity contribution >= 4 is 28.9 Å². The Bertz CT molecular complexity index is 1310. The van der Waals surface area contributed by atoms with Crippen molar-refractivity contribution in [2.24, 2.45) is 0 Å². The van der Waals surface area contributed by atoms with Crippen molar-refractivity contribution in [3.63, 3.8) is 0 Å². The lowest BCUT2D eigenvalue weighted by Crippen LogP contribution is -2.47. The summed E-state index contributed by atoms with van der Waals surface area (Å²) in [5.41, 5.74) is 5.12. The van der Waals surface area contributed by atoms with Gasteiger partial charge in [-0.2, -0.15) is 9.61 Å². The Hall–Kier alpha value is -3.50. The molecule has 2 saturated carbocycles. The van der Waals surface area contributed by atoms with Crippen molar-refractivity contribution in [1.82, 2.24) is 29.5 Å². The van der Waals surface area contributed by atoms with Gasteiger partial charge in [-0.1, -0.05) is 12.8 Å². The molecule has 2 aliphatic carbocycles. The molecule has 0 saturated heterocycles. The molecule has 0 radical (unpaired) electrons. The summed E-state index contributed by atoms with van der Waals surface area (Å²) in [5, 5.41) is 27.2. The van der Waals surface area contributed by atoms with E-state index in [1.807, 2.05) is 36.9 Å². The Labute approximate surface area is 210 Å². The molecule has 192 valence electrons. The van der Waals surface area contributed by atoms with Crippen LogP contribution in [0.3, 0.4) is 0 Å². The van der Waals surface area contributed by atoms with Gasteiger partial charge in [-0.25, -0.2) is 9.97 Å². The summed E-state index contributed by atoms with van der Waals surface area (Å²) in [6.45, 7) is 2.04. The quantitative estimate of drug-likeness (QED) is 0.314. The topological polar surface area (TPSA) is 130 Å². The van der Waals surface area contributed by atoms with Crippen LogP contribution in [0.1, 0.15) is 50.1 Å². The maximum atomic E-state index is 9.73. The molecule has 36 heavy (non-hydrogen) atoms. The van der Waals surface area contributed by atoms with E-state index in [1.54, 1.807) is 0 Å². The van der Waals surface area contributed by atoms with Crippen molar-refractivity contribution in [3.05, 3.63) is 42.4 Å². The molecule has 4 heterocycles. The summed E-state index contributed by atoms with van der Waals surface area (Å²) >= 11 is 0. The van der Waals surface area contributed by atoms with Crippen molar-refractivity contribution in [1.29, 1.82) is 0 Å². The summed E-state index contributed by atoms with van der Waals surface area (Å²) < 4.78 is 4.22. The van der Waals surface area contributed by atoms with Crippen molar-refractivity contribution in [2.45, 2.75) is 63.6 Å². The highest BCUT2D eigenvalue weighted by molar-refractivity contribution is 5.94. The van der Waals surface area contributed by atoms with E-state index in [-0.39, 0.29) is 12.1 Å². The van der Waals surface area contributed by atoms with E-state index in [0.717, 1.165) is 59.3 Å².